The minimum atomic E-state index is -0.105. The van der Waals surface area contributed by atoms with Crippen molar-refractivity contribution in [2.75, 3.05) is 12.4 Å². The van der Waals surface area contributed by atoms with Crippen LogP contribution >= 0.6 is 0 Å². The minimum Gasteiger partial charge on any atom is -0.493 e. The van der Waals surface area contributed by atoms with Gasteiger partial charge in [-0.3, -0.25) is 4.79 Å². The number of aromatic nitrogens is 2. The Morgan fingerprint density at radius 1 is 1.03 bits per heavy atom. The summed E-state index contributed by atoms with van der Waals surface area (Å²) in [5, 5.41) is 2.91. The number of amides is 1. The average molecular weight is 387 g/mol. The fraction of sp³-hybridized carbons (Fsp3) is 0.130. The molecule has 0 saturated heterocycles. The molecule has 0 aliphatic carbocycles. The van der Waals surface area contributed by atoms with Crippen LogP contribution in [-0.4, -0.2) is 22.4 Å². The molecule has 0 atom stereocenters. The van der Waals surface area contributed by atoms with Crippen LogP contribution in [0.1, 0.15) is 11.3 Å². The molecule has 6 heteroatoms. The number of nitrogens with one attached hydrogen (secondary N) is 1. The van der Waals surface area contributed by atoms with Crippen LogP contribution in [0.15, 0.2) is 73.1 Å². The fourth-order valence-corrected chi connectivity index (χ4v) is 3.14. The molecule has 0 aliphatic rings. The van der Waals surface area contributed by atoms with Gasteiger partial charge in [0.25, 0.3) is 0 Å². The molecule has 4 rings (SSSR count). The second-order valence-electron chi connectivity index (χ2n) is 6.64. The molecule has 1 N–H and O–H groups in total. The third-order valence-electron chi connectivity index (χ3n) is 4.58. The smallest absolute Gasteiger partial charge is 0.230 e. The van der Waals surface area contributed by atoms with Gasteiger partial charge in [0.2, 0.25) is 5.91 Å². The molecule has 0 radical (unpaired) electrons. The molecule has 29 heavy (non-hydrogen) atoms. The first-order valence-corrected chi connectivity index (χ1v) is 9.26. The van der Waals surface area contributed by atoms with Crippen LogP contribution in [0.3, 0.4) is 0 Å². The summed E-state index contributed by atoms with van der Waals surface area (Å²) < 4.78 is 13.1. The van der Waals surface area contributed by atoms with Gasteiger partial charge in [-0.1, -0.05) is 18.2 Å². The van der Waals surface area contributed by atoms with Gasteiger partial charge in [-0.2, -0.15) is 0 Å². The number of hydrogen-bond acceptors (Lipinski definition) is 4. The third-order valence-corrected chi connectivity index (χ3v) is 4.58. The first kappa shape index (κ1) is 18.6. The Morgan fingerprint density at radius 3 is 2.55 bits per heavy atom. The highest BCUT2D eigenvalue weighted by Gasteiger charge is 2.10. The van der Waals surface area contributed by atoms with E-state index >= 15 is 0 Å². The van der Waals surface area contributed by atoms with Gasteiger partial charge < -0.3 is 19.2 Å². The first-order valence-electron chi connectivity index (χ1n) is 9.26. The summed E-state index contributed by atoms with van der Waals surface area (Å²) in [7, 11) is 1.60. The van der Waals surface area contributed by atoms with E-state index in [9.17, 15) is 4.79 Å². The lowest BCUT2D eigenvalue weighted by atomic mass is 10.2. The summed E-state index contributed by atoms with van der Waals surface area (Å²) in [4.78, 5) is 16.9. The van der Waals surface area contributed by atoms with Gasteiger partial charge >= 0.3 is 0 Å². The number of pyridine rings is 1. The number of ether oxygens (including phenoxy) is 2. The number of fused-ring (bicyclic) bond motifs is 1. The highest BCUT2D eigenvalue weighted by Crippen LogP contribution is 2.31. The van der Waals surface area contributed by atoms with Crippen LogP contribution in [0.5, 0.6) is 17.2 Å². The molecule has 0 aliphatic heterocycles. The Balaban J connectivity index is 1.42. The Kier molecular flexibility index (Phi) is 5.16. The summed E-state index contributed by atoms with van der Waals surface area (Å²) >= 11 is 0. The zero-order valence-corrected chi connectivity index (χ0v) is 16.3. The summed E-state index contributed by atoms with van der Waals surface area (Å²) in [5.74, 6) is 1.85. The Labute approximate surface area is 168 Å². The van der Waals surface area contributed by atoms with E-state index in [1.165, 1.54) is 0 Å². The standard InChI is InChI=1S/C23H21N3O3/c1-16-6-5-13-26-18(15-24-23(16)26)14-22(27)25-17-9-11-19(12-10-17)29-21-8-4-3-7-20(21)28-2/h3-13,15H,14H2,1-2H3,(H,25,27). The van der Waals surface area contributed by atoms with Crippen LogP contribution in [0.4, 0.5) is 5.69 Å². The molecule has 4 aromatic rings. The lowest BCUT2D eigenvalue weighted by Crippen LogP contribution is -2.15. The summed E-state index contributed by atoms with van der Waals surface area (Å²) in [6, 6.07) is 18.6. The number of benzene rings is 2. The number of aryl methyl sites for hydroxylation is 1. The van der Waals surface area contributed by atoms with Gasteiger partial charge in [0.05, 0.1) is 19.2 Å². The van der Waals surface area contributed by atoms with Crippen molar-refractivity contribution in [3.8, 4) is 17.2 Å². The van der Waals surface area contributed by atoms with Gasteiger partial charge in [0, 0.05) is 18.1 Å². The van der Waals surface area contributed by atoms with Gasteiger partial charge in [0.1, 0.15) is 11.4 Å². The van der Waals surface area contributed by atoms with Crippen LogP contribution in [0, 0.1) is 6.92 Å². The minimum absolute atomic E-state index is 0.105. The topological polar surface area (TPSA) is 64.9 Å². The molecule has 0 unspecified atom stereocenters. The number of nitrogens with zero attached hydrogens (tertiary/aromatic N) is 2. The van der Waals surface area contributed by atoms with Crippen LogP contribution in [0.2, 0.25) is 0 Å². The predicted octanol–water partition coefficient (Wildman–Crippen LogP) is 4.62. The Hall–Kier alpha value is -3.80. The number of carbonyl (C=O) groups excluding carboxylic acids is 1. The molecule has 2 aromatic carbocycles. The van der Waals surface area contributed by atoms with Crippen molar-refractivity contribution < 1.29 is 14.3 Å². The average Bonchev–Trinajstić information content (AvgIpc) is 3.14. The number of carbonyl (C=O) groups is 1. The normalized spacial score (nSPS) is 10.7. The van der Waals surface area contributed by atoms with Crippen LogP contribution in [0.25, 0.3) is 5.65 Å². The van der Waals surface area contributed by atoms with Crippen molar-refractivity contribution in [2.24, 2.45) is 0 Å². The highest BCUT2D eigenvalue weighted by molar-refractivity contribution is 5.92. The van der Waals surface area contributed by atoms with E-state index < -0.39 is 0 Å². The maximum absolute atomic E-state index is 12.5. The second kappa shape index (κ2) is 8.06. The monoisotopic (exact) mass is 387 g/mol. The van der Waals surface area contributed by atoms with Crippen molar-refractivity contribution in [1.29, 1.82) is 0 Å². The molecule has 0 saturated carbocycles. The molecular formula is C23H21N3O3. The SMILES string of the molecule is COc1ccccc1Oc1ccc(NC(=O)Cc2cnc3c(C)cccn23)cc1. The number of anilines is 1. The van der Waals surface area contributed by atoms with Crippen molar-refractivity contribution >= 4 is 17.2 Å². The van der Waals surface area contributed by atoms with E-state index in [1.54, 1.807) is 37.6 Å². The largest absolute Gasteiger partial charge is 0.493 e. The molecular weight excluding hydrogens is 366 g/mol. The number of methoxy groups -OCH3 is 1. The van der Waals surface area contributed by atoms with Gasteiger partial charge in [-0.05, 0) is 55.0 Å². The Bertz CT molecular complexity index is 1150. The van der Waals surface area contributed by atoms with Gasteiger partial charge in [0.15, 0.2) is 11.5 Å². The highest BCUT2D eigenvalue weighted by atomic mass is 16.5. The molecule has 146 valence electrons. The van der Waals surface area contributed by atoms with E-state index in [-0.39, 0.29) is 12.3 Å². The van der Waals surface area contributed by atoms with E-state index in [0.717, 1.165) is 16.9 Å². The molecule has 0 bridgehead atoms. The summed E-state index contributed by atoms with van der Waals surface area (Å²) in [5.41, 5.74) is 3.49. The maximum atomic E-state index is 12.5. The zero-order valence-electron chi connectivity index (χ0n) is 16.3. The van der Waals surface area contributed by atoms with Crippen LogP contribution in [-0.2, 0) is 11.2 Å². The zero-order chi connectivity index (χ0) is 20.2. The molecule has 2 aromatic heterocycles. The van der Waals surface area contributed by atoms with Gasteiger partial charge in [-0.25, -0.2) is 4.98 Å². The molecule has 0 fully saturated rings. The molecule has 1 amide bonds. The van der Waals surface area contributed by atoms with Crippen molar-refractivity contribution in [1.82, 2.24) is 9.38 Å². The molecule has 2 heterocycles. The van der Waals surface area contributed by atoms with E-state index in [2.05, 4.69) is 10.3 Å². The lowest BCUT2D eigenvalue weighted by molar-refractivity contribution is -0.115. The fourth-order valence-electron chi connectivity index (χ4n) is 3.14. The third kappa shape index (κ3) is 4.06. The first-order chi connectivity index (χ1) is 14.1. The number of para-hydroxylation sites is 2. The predicted molar refractivity (Wildman–Crippen MR) is 112 cm³/mol. The molecule has 0 spiro atoms. The molecule has 6 nitrogen and oxygen atoms in total. The summed E-state index contributed by atoms with van der Waals surface area (Å²) in [6.45, 7) is 2.00. The number of rotatable bonds is 6. The maximum Gasteiger partial charge on any atom is 0.230 e. The number of imidazole rings is 1. The Morgan fingerprint density at radius 2 is 1.79 bits per heavy atom. The van der Waals surface area contributed by atoms with Crippen molar-refractivity contribution in [2.45, 2.75) is 13.3 Å². The van der Waals surface area contributed by atoms with Crippen molar-refractivity contribution in [3.63, 3.8) is 0 Å². The van der Waals surface area contributed by atoms with E-state index in [0.29, 0.717) is 22.9 Å². The van der Waals surface area contributed by atoms with Gasteiger partial charge in [-0.15, -0.1) is 0 Å². The van der Waals surface area contributed by atoms with Crippen molar-refractivity contribution in [3.05, 3.63) is 84.3 Å². The number of hydrogen-bond donors (Lipinski definition) is 1. The van der Waals surface area contributed by atoms with Crippen LogP contribution < -0.4 is 14.8 Å². The quantitative estimate of drug-likeness (QED) is 0.524. The second-order valence-corrected chi connectivity index (χ2v) is 6.64. The van der Waals surface area contributed by atoms with E-state index in [4.69, 9.17) is 9.47 Å². The van der Waals surface area contributed by atoms with E-state index in [1.807, 2.05) is 53.9 Å². The lowest BCUT2D eigenvalue weighted by Gasteiger charge is -2.11. The summed E-state index contributed by atoms with van der Waals surface area (Å²) in [6.07, 6.45) is 3.90.